The maximum atomic E-state index is 6.53. The van der Waals surface area contributed by atoms with Gasteiger partial charge in [0.2, 0.25) is 0 Å². The van der Waals surface area contributed by atoms with Crippen molar-refractivity contribution in [1.82, 2.24) is 4.90 Å². The van der Waals surface area contributed by atoms with Gasteiger partial charge in [-0.05, 0) is 35.7 Å². The molecule has 2 aliphatic rings. The van der Waals surface area contributed by atoms with Crippen LogP contribution in [0.1, 0.15) is 36.9 Å². The van der Waals surface area contributed by atoms with E-state index in [-0.39, 0.29) is 11.8 Å². The summed E-state index contributed by atoms with van der Waals surface area (Å²) in [6.45, 7) is 3.33. The Bertz CT molecular complexity index is 904. The Kier molecular flexibility index (Phi) is 2.98. The molecule has 2 aliphatic heterocycles. The van der Waals surface area contributed by atoms with Crippen LogP contribution in [0.3, 0.4) is 0 Å². The van der Waals surface area contributed by atoms with E-state index < -0.39 is 0 Å². The van der Waals surface area contributed by atoms with Gasteiger partial charge in [0.05, 0.1) is 6.04 Å². The van der Waals surface area contributed by atoms with Gasteiger partial charge in [-0.3, -0.25) is 4.90 Å². The molecule has 5 rings (SSSR count). The smallest absolute Gasteiger partial charge is 0.161 e. The van der Waals surface area contributed by atoms with Crippen molar-refractivity contribution in [3.05, 3.63) is 77.9 Å². The van der Waals surface area contributed by atoms with Crippen LogP contribution in [0.4, 0.5) is 0 Å². The summed E-state index contributed by atoms with van der Waals surface area (Å²) in [6.07, 6.45) is 2.27. The minimum atomic E-state index is -0.198. The molecule has 0 bridgehead atoms. The zero-order valence-corrected chi connectivity index (χ0v) is 13.9. The highest BCUT2D eigenvalue weighted by Crippen LogP contribution is 2.50. The van der Waals surface area contributed by atoms with Crippen molar-refractivity contribution < 1.29 is 4.74 Å². The molecule has 0 spiro atoms. The normalized spacial score (nSPS) is 26.0. The van der Waals surface area contributed by atoms with Gasteiger partial charge in [-0.15, -0.1) is 0 Å². The number of hydrogen-bond donors (Lipinski definition) is 0. The summed E-state index contributed by atoms with van der Waals surface area (Å²) < 4.78 is 6.53. The highest BCUT2D eigenvalue weighted by molar-refractivity contribution is 5.89. The minimum Gasteiger partial charge on any atom is -0.472 e. The Morgan fingerprint density at radius 2 is 1.75 bits per heavy atom. The molecule has 2 unspecified atom stereocenters. The lowest BCUT2D eigenvalue weighted by atomic mass is 9.89. The van der Waals surface area contributed by atoms with Gasteiger partial charge in [-0.25, -0.2) is 0 Å². The molecule has 0 saturated carbocycles. The molecule has 24 heavy (non-hydrogen) atoms. The molecule has 2 nitrogen and oxygen atoms in total. The Morgan fingerprint density at radius 3 is 2.62 bits per heavy atom. The first-order valence-corrected chi connectivity index (χ1v) is 8.79. The predicted molar refractivity (Wildman–Crippen MR) is 97.2 cm³/mol. The predicted octanol–water partition coefficient (Wildman–Crippen LogP) is 5.13. The molecule has 1 saturated heterocycles. The van der Waals surface area contributed by atoms with Gasteiger partial charge in [0, 0.05) is 18.5 Å². The fourth-order valence-electron chi connectivity index (χ4n) is 4.49. The topological polar surface area (TPSA) is 12.5 Å². The SMILES string of the molecule is CC12CCCN1C(c1ccccc1)c1c(ccc3ccccc13)O2. The summed E-state index contributed by atoms with van der Waals surface area (Å²) in [6, 6.07) is 24.1. The van der Waals surface area contributed by atoms with Crippen LogP contribution in [-0.4, -0.2) is 17.2 Å². The molecule has 3 aromatic rings. The number of benzene rings is 3. The van der Waals surface area contributed by atoms with Gasteiger partial charge in [0.25, 0.3) is 0 Å². The van der Waals surface area contributed by atoms with Crippen molar-refractivity contribution >= 4 is 10.8 Å². The highest BCUT2D eigenvalue weighted by atomic mass is 16.5. The summed E-state index contributed by atoms with van der Waals surface area (Å²) in [5, 5.41) is 2.58. The zero-order valence-electron chi connectivity index (χ0n) is 13.9. The molecule has 1 fully saturated rings. The zero-order chi connectivity index (χ0) is 16.1. The van der Waals surface area contributed by atoms with Crippen molar-refractivity contribution in [3.8, 4) is 5.75 Å². The second-order valence-electron chi connectivity index (χ2n) is 7.09. The van der Waals surface area contributed by atoms with E-state index in [1.54, 1.807) is 0 Å². The number of fused-ring (bicyclic) bond motifs is 4. The van der Waals surface area contributed by atoms with Crippen LogP contribution < -0.4 is 4.74 Å². The van der Waals surface area contributed by atoms with Crippen LogP contribution in [0.15, 0.2) is 66.7 Å². The monoisotopic (exact) mass is 315 g/mol. The fourth-order valence-corrected chi connectivity index (χ4v) is 4.49. The Hall–Kier alpha value is -2.32. The van der Waals surface area contributed by atoms with E-state index in [0.717, 1.165) is 18.7 Å². The second kappa shape index (κ2) is 5.09. The van der Waals surface area contributed by atoms with Gasteiger partial charge >= 0.3 is 0 Å². The van der Waals surface area contributed by atoms with Gasteiger partial charge in [0.1, 0.15) is 5.75 Å². The molecule has 0 aromatic heterocycles. The second-order valence-corrected chi connectivity index (χ2v) is 7.09. The number of rotatable bonds is 1. The third-order valence-electron chi connectivity index (χ3n) is 5.61. The van der Waals surface area contributed by atoms with Crippen LogP contribution in [0.2, 0.25) is 0 Å². The highest BCUT2D eigenvalue weighted by Gasteiger charge is 2.48. The lowest BCUT2D eigenvalue weighted by molar-refractivity contribution is -0.0744. The first kappa shape index (κ1) is 14.1. The van der Waals surface area contributed by atoms with Crippen molar-refractivity contribution in [2.45, 2.75) is 31.5 Å². The number of nitrogens with zero attached hydrogens (tertiary/aromatic N) is 1. The van der Waals surface area contributed by atoms with Crippen molar-refractivity contribution in [3.63, 3.8) is 0 Å². The van der Waals surface area contributed by atoms with Crippen molar-refractivity contribution in [2.75, 3.05) is 6.54 Å². The average molecular weight is 315 g/mol. The Balaban J connectivity index is 1.82. The lowest BCUT2D eigenvalue weighted by Crippen LogP contribution is -2.51. The molecule has 3 aromatic carbocycles. The standard InChI is InChI=1S/C22H21NO/c1-22-14-7-15-23(22)21(17-9-3-2-4-10-17)20-18-11-6-5-8-16(18)12-13-19(20)24-22/h2-6,8-13,21H,7,14-15H2,1H3. The molecule has 0 N–H and O–H groups in total. The van der Waals surface area contributed by atoms with E-state index in [4.69, 9.17) is 4.74 Å². The van der Waals surface area contributed by atoms with Gasteiger partial charge in [0.15, 0.2) is 5.72 Å². The van der Waals surface area contributed by atoms with Crippen molar-refractivity contribution in [1.29, 1.82) is 0 Å². The average Bonchev–Trinajstić information content (AvgIpc) is 3.01. The molecule has 0 amide bonds. The Labute approximate surface area is 142 Å². The first-order valence-electron chi connectivity index (χ1n) is 8.79. The van der Waals surface area contributed by atoms with E-state index in [9.17, 15) is 0 Å². The van der Waals surface area contributed by atoms with E-state index in [0.29, 0.717) is 0 Å². The quantitative estimate of drug-likeness (QED) is 0.617. The molecule has 0 aliphatic carbocycles. The maximum Gasteiger partial charge on any atom is 0.161 e. The van der Waals surface area contributed by atoms with E-state index in [1.165, 1.54) is 28.3 Å². The third-order valence-corrected chi connectivity index (χ3v) is 5.61. The van der Waals surface area contributed by atoms with E-state index >= 15 is 0 Å². The van der Waals surface area contributed by atoms with Gasteiger partial charge in [-0.1, -0.05) is 60.7 Å². The van der Waals surface area contributed by atoms with E-state index in [2.05, 4.69) is 78.6 Å². The largest absolute Gasteiger partial charge is 0.472 e. The Morgan fingerprint density at radius 1 is 0.958 bits per heavy atom. The van der Waals surface area contributed by atoms with Crippen LogP contribution in [-0.2, 0) is 0 Å². The molecule has 2 heterocycles. The lowest BCUT2D eigenvalue weighted by Gasteiger charge is -2.46. The van der Waals surface area contributed by atoms with Gasteiger partial charge < -0.3 is 4.74 Å². The summed E-state index contributed by atoms with van der Waals surface area (Å²) in [5.74, 6) is 1.04. The maximum absolute atomic E-state index is 6.53. The third kappa shape index (κ3) is 1.93. The van der Waals surface area contributed by atoms with Crippen LogP contribution in [0.5, 0.6) is 5.75 Å². The molecule has 0 radical (unpaired) electrons. The summed E-state index contributed by atoms with van der Waals surface area (Å²) >= 11 is 0. The number of hydrogen-bond acceptors (Lipinski definition) is 2. The van der Waals surface area contributed by atoms with Gasteiger partial charge in [-0.2, -0.15) is 0 Å². The molecule has 2 atom stereocenters. The summed E-state index contributed by atoms with van der Waals surface area (Å²) in [7, 11) is 0. The van der Waals surface area contributed by atoms with Crippen LogP contribution in [0, 0.1) is 0 Å². The molecular weight excluding hydrogens is 294 g/mol. The summed E-state index contributed by atoms with van der Waals surface area (Å²) in [4.78, 5) is 2.55. The van der Waals surface area contributed by atoms with E-state index in [1.807, 2.05) is 0 Å². The summed E-state index contributed by atoms with van der Waals surface area (Å²) in [5.41, 5.74) is 2.47. The number of ether oxygens (including phenoxy) is 1. The van der Waals surface area contributed by atoms with Crippen LogP contribution in [0.25, 0.3) is 10.8 Å². The molecule has 120 valence electrons. The van der Waals surface area contributed by atoms with Crippen LogP contribution >= 0.6 is 0 Å². The van der Waals surface area contributed by atoms with Crippen molar-refractivity contribution in [2.24, 2.45) is 0 Å². The molecule has 2 heteroatoms. The fraction of sp³-hybridized carbons (Fsp3) is 0.273. The first-order chi connectivity index (χ1) is 11.8. The molecular formula is C22H21NO. The minimum absolute atomic E-state index is 0.198.